The van der Waals surface area contributed by atoms with Crippen molar-refractivity contribution in [3.63, 3.8) is 0 Å². The van der Waals surface area contributed by atoms with Gasteiger partial charge in [-0.05, 0) is 31.0 Å². The van der Waals surface area contributed by atoms with Crippen molar-refractivity contribution in [1.82, 2.24) is 9.71 Å². The Morgan fingerprint density at radius 2 is 2.18 bits per heavy atom. The maximum Gasteiger partial charge on any atom is 0.242 e. The summed E-state index contributed by atoms with van der Waals surface area (Å²) in [5.41, 5.74) is 5.48. The van der Waals surface area contributed by atoms with Crippen LogP contribution in [-0.2, 0) is 10.0 Å². The molecule has 96 valence electrons. The Bertz CT molecular complexity index is 431. The predicted molar refractivity (Wildman–Crippen MR) is 66.9 cm³/mol. The minimum atomic E-state index is -3.49. The number of rotatable bonds is 6. The molecule has 0 bridgehead atoms. The molecule has 1 heterocycles. The predicted octanol–water partition coefficient (Wildman–Crippen LogP) is 0.733. The summed E-state index contributed by atoms with van der Waals surface area (Å²) >= 11 is 0. The molecule has 0 spiro atoms. The average Bonchev–Trinajstić information content (AvgIpc) is 2.29. The molecule has 0 radical (unpaired) electrons. The van der Waals surface area contributed by atoms with Crippen LogP contribution in [0.25, 0.3) is 0 Å². The number of aromatic nitrogens is 1. The highest BCUT2D eigenvalue weighted by Crippen LogP contribution is 2.11. The summed E-state index contributed by atoms with van der Waals surface area (Å²) in [4.78, 5) is 3.99. The van der Waals surface area contributed by atoms with Crippen molar-refractivity contribution in [1.29, 1.82) is 0 Å². The van der Waals surface area contributed by atoms with Crippen LogP contribution in [-0.4, -0.2) is 26.0 Å². The van der Waals surface area contributed by atoms with E-state index in [9.17, 15) is 8.42 Å². The first-order valence-electron chi connectivity index (χ1n) is 5.60. The maximum atomic E-state index is 12.0. The molecule has 1 atom stereocenters. The summed E-state index contributed by atoms with van der Waals surface area (Å²) < 4.78 is 26.7. The number of hydrogen-bond donors (Lipinski definition) is 2. The zero-order valence-electron chi connectivity index (χ0n) is 10.1. The molecule has 0 aliphatic heterocycles. The van der Waals surface area contributed by atoms with Gasteiger partial charge in [0, 0.05) is 18.4 Å². The van der Waals surface area contributed by atoms with Gasteiger partial charge in [-0.25, -0.2) is 13.1 Å². The lowest BCUT2D eigenvalue weighted by molar-refractivity contribution is 0.428. The Balaban J connectivity index is 2.85. The third-order valence-corrected chi connectivity index (χ3v) is 4.01. The Morgan fingerprint density at radius 3 is 2.65 bits per heavy atom. The van der Waals surface area contributed by atoms with Gasteiger partial charge in [-0.3, -0.25) is 4.98 Å². The van der Waals surface area contributed by atoms with Gasteiger partial charge in [0.05, 0.1) is 0 Å². The quantitative estimate of drug-likeness (QED) is 0.787. The van der Waals surface area contributed by atoms with Crippen LogP contribution in [0.3, 0.4) is 0 Å². The van der Waals surface area contributed by atoms with E-state index in [0.29, 0.717) is 13.0 Å². The fourth-order valence-corrected chi connectivity index (χ4v) is 2.86. The Kier molecular flexibility index (Phi) is 5.04. The highest BCUT2D eigenvalue weighted by Gasteiger charge is 2.21. The van der Waals surface area contributed by atoms with E-state index in [1.54, 1.807) is 12.3 Å². The molecule has 6 heteroatoms. The van der Waals surface area contributed by atoms with Gasteiger partial charge in [-0.2, -0.15) is 0 Å². The van der Waals surface area contributed by atoms with Crippen LogP contribution >= 0.6 is 0 Å². The molecule has 1 aromatic rings. The van der Waals surface area contributed by atoms with E-state index < -0.39 is 10.0 Å². The minimum Gasteiger partial charge on any atom is -0.330 e. The average molecular weight is 257 g/mol. The molecular formula is C11H19N3O2S. The molecule has 0 aliphatic carbocycles. The van der Waals surface area contributed by atoms with E-state index in [1.807, 2.05) is 13.8 Å². The third-order valence-electron chi connectivity index (χ3n) is 2.53. The molecular weight excluding hydrogens is 238 g/mol. The van der Waals surface area contributed by atoms with Crippen LogP contribution in [0.4, 0.5) is 0 Å². The Hall–Kier alpha value is -0.980. The van der Waals surface area contributed by atoms with Gasteiger partial charge >= 0.3 is 0 Å². The second-order valence-electron chi connectivity index (χ2n) is 4.24. The number of nitrogens with zero attached hydrogens (tertiary/aromatic N) is 1. The molecule has 0 saturated carbocycles. The van der Waals surface area contributed by atoms with E-state index in [4.69, 9.17) is 5.73 Å². The summed E-state index contributed by atoms with van der Waals surface area (Å²) in [6.07, 6.45) is 3.50. The van der Waals surface area contributed by atoms with Gasteiger partial charge < -0.3 is 5.73 Å². The normalized spacial score (nSPS) is 13.9. The molecule has 5 nitrogen and oxygen atoms in total. The lowest BCUT2D eigenvalue weighted by atomic mass is 10.0. The second-order valence-corrected chi connectivity index (χ2v) is 5.95. The summed E-state index contributed by atoms with van der Waals surface area (Å²) in [7, 11) is -3.49. The van der Waals surface area contributed by atoms with Crippen LogP contribution in [0.1, 0.15) is 20.3 Å². The van der Waals surface area contributed by atoms with E-state index in [0.717, 1.165) is 0 Å². The largest absolute Gasteiger partial charge is 0.330 e. The summed E-state index contributed by atoms with van der Waals surface area (Å²) in [5, 5.41) is 0. The van der Waals surface area contributed by atoms with Crippen LogP contribution in [0.5, 0.6) is 0 Å². The van der Waals surface area contributed by atoms with Crippen LogP contribution < -0.4 is 10.5 Å². The fraction of sp³-hybridized carbons (Fsp3) is 0.545. The van der Waals surface area contributed by atoms with Crippen molar-refractivity contribution in [2.75, 3.05) is 6.54 Å². The topological polar surface area (TPSA) is 85.1 Å². The number of nitrogens with one attached hydrogen (secondary N) is 1. The van der Waals surface area contributed by atoms with Crippen molar-refractivity contribution < 1.29 is 8.42 Å². The molecule has 0 saturated heterocycles. The molecule has 1 unspecified atom stereocenters. The molecule has 1 aromatic heterocycles. The van der Waals surface area contributed by atoms with Gasteiger partial charge in [0.1, 0.15) is 4.90 Å². The zero-order valence-corrected chi connectivity index (χ0v) is 10.9. The van der Waals surface area contributed by atoms with Crippen molar-refractivity contribution >= 4 is 10.0 Å². The first-order chi connectivity index (χ1) is 7.97. The molecule has 0 fully saturated rings. The first kappa shape index (κ1) is 14.1. The highest BCUT2D eigenvalue weighted by molar-refractivity contribution is 7.89. The van der Waals surface area contributed by atoms with Gasteiger partial charge in [-0.1, -0.05) is 13.8 Å². The SMILES string of the molecule is CC(C)C(CCN)NS(=O)(=O)c1cccnc1. The van der Waals surface area contributed by atoms with Crippen LogP contribution in [0, 0.1) is 5.92 Å². The Morgan fingerprint density at radius 1 is 1.47 bits per heavy atom. The highest BCUT2D eigenvalue weighted by atomic mass is 32.2. The minimum absolute atomic E-state index is 0.148. The number of sulfonamides is 1. The smallest absolute Gasteiger partial charge is 0.242 e. The van der Waals surface area contributed by atoms with Crippen molar-refractivity contribution in [3.05, 3.63) is 24.5 Å². The number of hydrogen-bond acceptors (Lipinski definition) is 4. The standard InChI is InChI=1S/C11H19N3O2S/c1-9(2)11(5-6-12)14-17(15,16)10-4-3-7-13-8-10/h3-4,7-9,11,14H,5-6,12H2,1-2H3. The zero-order chi connectivity index (χ0) is 12.9. The van der Waals surface area contributed by atoms with Gasteiger partial charge in [0.25, 0.3) is 0 Å². The molecule has 0 aliphatic rings. The lowest BCUT2D eigenvalue weighted by Crippen LogP contribution is -2.39. The van der Waals surface area contributed by atoms with E-state index in [1.165, 1.54) is 12.3 Å². The Labute approximate surface area is 102 Å². The molecule has 1 rings (SSSR count). The van der Waals surface area contributed by atoms with Crippen molar-refractivity contribution in [3.8, 4) is 0 Å². The molecule has 17 heavy (non-hydrogen) atoms. The fourth-order valence-electron chi connectivity index (χ4n) is 1.48. The first-order valence-corrected chi connectivity index (χ1v) is 7.08. The summed E-state index contributed by atoms with van der Waals surface area (Å²) in [5.74, 6) is 0.199. The van der Waals surface area contributed by atoms with Gasteiger partial charge in [0.2, 0.25) is 10.0 Å². The molecule has 0 aromatic carbocycles. The summed E-state index contributed by atoms with van der Waals surface area (Å²) in [6.45, 7) is 4.39. The van der Waals surface area contributed by atoms with Crippen molar-refractivity contribution in [2.24, 2.45) is 11.7 Å². The third kappa shape index (κ3) is 4.07. The van der Waals surface area contributed by atoms with E-state index in [2.05, 4.69) is 9.71 Å². The summed E-state index contributed by atoms with van der Waals surface area (Å²) in [6, 6.07) is 2.97. The maximum absolute atomic E-state index is 12.0. The monoisotopic (exact) mass is 257 g/mol. The lowest BCUT2D eigenvalue weighted by Gasteiger charge is -2.21. The van der Waals surface area contributed by atoms with Crippen molar-refractivity contribution in [2.45, 2.75) is 31.2 Å². The molecule has 3 N–H and O–H groups in total. The number of pyridine rings is 1. The van der Waals surface area contributed by atoms with Gasteiger partial charge in [-0.15, -0.1) is 0 Å². The second kappa shape index (κ2) is 6.09. The molecule has 0 amide bonds. The van der Waals surface area contributed by atoms with E-state index >= 15 is 0 Å². The van der Waals surface area contributed by atoms with E-state index in [-0.39, 0.29) is 16.9 Å². The van der Waals surface area contributed by atoms with Gasteiger partial charge in [0.15, 0.2) is 0 Å². The van der Waals surface area contributed by atoms with Crippen LogP contribution in [0.15, 0.2) is 29.4 Å². The number of nitrogens with two attached hydrogens (primary N) is 1. The van der Waals surface area contributed by atoms with Crippen LogP contribution in [0.2, 0.25) is 0 Å².